The first-order valence-corrected chi connectivity index (χ1v) is 9.14. The summed E-state index contributed by atoms with van der Waals surface area (Å²) in [6.07, 6.45) is 1.09. The molecule has 8 nitrogen and oxygen atoms in total. The maximum atomic E-state index is 10.8. The zero-order valence-electron chi connectivity index (χ0n) is 16.1. The van der Waals surface area contributed by atoms with E-state index >= 15 is 0 Å². The van der Waals surface area contributed by atoms with Crippen molar-refractivity contribution < 1.29 is 19.0 Å². The van der Waals surface area contributed by atoms with Crippen molar-refractivity contribution in [1.29, 1.82) is 0 Å². The van der Waals surface area contributed by atoms with Crippen molar-refractivity contribution in [3.63, 3.8) is 0 Å². The van der Waals surface area contributed by atoms with Crippen LogP contribution in [-0.4, -0.2) is 70.4 Å². The molecule has 1 unspecified atom stereocenters. The number of rotatable bonds is 10. The van der Waals surface area contributed by atoms with Crippen LogP contribution < -0.4 is 15.8 Å². The normalized spacial score (nSPS) is 17.2. The SMILES string of the molecule is CN=C(NCc1cccc(OCC(N)=O)c1)N1CCC(COCCOC)C1. The smallest absolute Gasteiger partial charge is 0.255 e. The lowest BCUT2D eigenvalue weighted by Crippen LogP contribution is -2.39. The number of amides is 1. The van der Waals surface area contributed by atoms with E-state index in [0.717, 1.165) is 37.6 Å². The number of likely N-dealkylation sites (tertiary alicyclic amines) is 1. The molecule has 27 heavy (non-hydrogen) atoms. The molecule has 1 aliphatic heterocycles. The molecule has 1 fully saturated rings. The Morgan fingerprint density at radius 1 is 1.41 bits per heavy atom. The second-order valence-electron chi connectivity index (χ2n) is 6.47. The summed E-state index contributed by atoms with van der Waals surface area (Å²) in [6.45, 7) is 4.38. The lowest BCUT2D eigenvalue weighted by Gasteiger charge is -2.22. The second-order valence-corrected chi connectivity index (χ2v) is 6.47. The van der Waals surface area contributed by atoms with Crippen molar-refractivity contribution >= 4 is 11.9 Å². The van der Waals surface area contributed by atoms with E-state index in [-0.39, 0.29) is 6.61 Å². The fraction of sp³-hybridized carbons (Fsp3) is 0.579. The molecule has 8 heteroatoms. The van der Waals surface area contributed by atoms with Gasteiger partial charge in [0, 0.05) is 39.7 Å². The summed E-state index contributed by atoms with van der Waals surface area (Å²) in [5.74, 6) is 1.51. The number of guanidine groups is 1. The predicted molar refractivity (Wildman–Crippen MR) is 104 cm³/mol. The number of primary amides is 1. The van der Waals surface area contributed by atoms with Crippen molar-refractivity contribution in [1.82, 2.24) is 10.2 Å². The first-order chi connectivity index (χ1) is 13.1. The molecule has 0 aliphatic carbocycles. The summed E-state index contributed by atoms with van der Waals surface area (Å²) in [4.78, 5) is 17.5. The summed E-state index contributed by atoms with van der Waals surface area (Å²) < 4.78 is 16.0. The number of carbonyl (C=O) groups is 1. The summed E-state index contributed by atoms with van der Waals surface area (Å²) in [5.41, 5.74) is 6.15. The van der Waals surface area contributed by atoms with Gasteiger partial charge in [0.15, 0.2) is 12.6 Å². The highest BCUT2D eigenvalue weighted by molar-refractivity contribution is 5.80. The number of ether oxygens (including phenoxy) is 3. The molecule has 0 bridgehead atoms. The van der Waals surface area contributed by atoms with Gasteiger partial charge in [0.25, 0.3) is 5.91 Å². The van der Waals surface area contributed by atoms with Crippen LogP contribution in [0, 0.1) is 5.92 Å². The van der Waals surface area contributed by atoms with Gasteiger partial charge in [0.2, 0.25) is 0 Å². The first kappa shape index (κ1) is 21.0. The summed E-state index contributed by atoms with van der Waals surface area (Å²) >= 11 is 0. The summed E-state index contributed by atoms with van der Waals surface area (Å²) in [6, 6.07) is 7.57. The molecule has 0 spiro atoms. The molecule has 0 saturated carbocycles. The van der Waals surface area contributed by atoms with E-state index in [9.17, 15) is 4.79 Å². The van der Waals surface area contributed by atoms with Crippen molar-refractivity contribution in [2.75, 3.05) is 53.7 Å². The van der Waals surface area contributed by atoms with Crippen LogP contribution >= 0.6 is 0 Å². The number of nitrogens with zero attached hydrogens (tertiary/aromatic N) is 2. The minimum absolute atomic E-state index is 0.125. The molecule has 1 amide bonds. The molecule has 1 aliphatic rings. The molecule has 2 rings (SSSR count). The number of hydrogen-bond donors (Lipinski definition) is 2. The van der Waals surface area contributed by atoms with E-state index in [2.05, 4.69) is 15.2 Å². The van der Waals surface area contributed by atoms with Crippen LogP contribution in [0.25, 0.3) is 0 Å². The molecular weight excluding hydrogens is 348 g/mol. The van der Waals surface area contributed by atoms with Crippen molar-refractivity contribution in [2.45, 2.75) is 13.0 Å². The minimum atomic E-state index is -0.492. The van der Waals surface area contributed by atoms with Gasteiger partial charge in [0.1, 0.15) is 5.75 Å². The lowest BCUT2D eigenvalue weighted by molar-refractivity contribution is -0.119. The predicted octanol–water partition coefficient (Wildman–Crippen LogP) is 0.611. The van der Waals surface area contributed by atoms with Crippen molar-refractivity contribution in [3.05, 3.63) is 29.8 Å². The number of carbonyl (C=O) groups excluding carboxylic acids is 1. The van der Waals surface area contributed by atoms with E-state index in [0.29, 0.717) is 31.4 Å². The monoisotopic (exact) mass is 378 g/mol. The molecule has 1 saturated heterocycles. The van der Waals surface area contributed by atoms with Gasteiger partial charge >= 0.3 is 0 Å². The van der Waals surface area contributed by atoms with Crippen LogP contribution in [0.5, 0.6) is 5.75 Å². The van der Waals surface area contributed by atoms with Crippen molar-refractivity contribution in [3.8, 4) is 5.75 Å². The Morgan fingerprint density at radius 3 is 3.00 bits per heavy atom. The van der Waals surface area contributed by atoms with Gasteiger partial charge < -0.3 is 30.2 Å². The number of hydrogen-bond acceptors (Lipinski definition) is 5. The van der Waals surface area contributed by atoms with Gasteiger partial charge in [-0.25, -0.2) is 0 Å². The number of aliphatic imine (C=N–C) groups is 1. The quantitative estimate of drug-likeness (QED) is 0.352. The molecule has 1 aromatic carbocycles. The molecule has 1 heterocycles. The maximum absolute atomic E-state index is 10.8. The van der Waals surface area contributed by atoms with Crippen molar-refractivity contribution in [2.24, 2.45) is 16.6 Å². The third-order valence-electron chi connectivity index (χ3n) is 4.31. The molecule has 0 radical (unpaired) electrons. The molecule has 3 N–H and O–H groups in total. The second kappa shape index (κ2) is 11.4. The van der Waals surface area contributed by atoms with E-state index < -0.39 is 5.91 Å². The van der Waals surface area contributed by atoms with Gasteiger partial charge in [-0.1, -0.05) is 12.1 Å². The average molecular weight is 378 g/mol. The van der Waals surface area contributed by atoms with Gasteiger partial charge in [-0.05, 0) is 24.1 Å². The molecule has 1 aromatic rings. The number of nitrogens with one attached hydrogen (secondary N) is 1. The van der Waals surface area contributed by atoms with Crippen LogP contribution in [0.1, 0.15) is 12.0 Å². The minimum Gasteiger partial charge on any atom is -0.484 e. The van der Waals surface area contributed by atoms with Crippen LogP contribution in [0.3, 0.4) is 0 Å². The van der Waals surface area contributed by atoms with E-state index in [1.807, 2.05) is 18.2 Å². The highest BCUT2D eigenvalue weighted by atomic mass is 16.5. The van der Waals surface area contributed by atoms with Gasteiger partial charge in [-0.2, -0.15) is 0 Å². The molecule has 0 aromatic heterocycles. The number of methoxy groups -OCH3 is 1. The third kappa shape index (κ3) is 7.44. The van der Waals surface area contributed by atoms with Crippen LogP contribution in [0.2, 0.25) is 0 Å². The van der Waals surface area contributed by atoms with E-state index in [4.69, 9.17) is 19.9 Å². The molecular formula is C19H30N4O4. The largest absolute Gasteiger partial charge is 0.484 e. The first-order valence-electron chi connectivity index (χ1n) is 9.14. The van der Waals surface area contributed by atoms with Gasteiger partial charge in [-0.3, -0.25) is 9.79 Å². The molecule has 150 valence electrons. The summed E-state index contributed by atoms with van der Waals surface area (Å²) in [5, 5.41) is 3.38. The Kier molecular flexibility index (Phi) is 8.86. The topological polar surface area (TPSA) is 98.4 Å². The van der Waals surface area contributed by atoms with Crippen LogP contribution in [-0.2, 0) is 20.8 Å². The van der Waals surface area contributed by atoms with E-state index in [1.165, 1.54) is 0 Å². The fourth-order valence-electron chi connectivity index (χ4n) is 2.97. The Labute approximate surface area is 160 Å². The van der Waals surface area contributed by atoms with E-state index in [1.54, 1.807) is 20.2 Å². The fourth-order valence-corrected chi connectivity index (χ4v) is 2.97. The Morgan fingerprint density at radius 2 is 2.26 bits per heavy atom. The Hall–Kier alpha value is -2.32. The highest BCUT2D eigenvalue weighted by Crippen LogP contribution is 2.17. The highest BCUT2D eigenvalue weighted by Gasteiger charge is 2.24. The third-order valence-corrected chi connectivity index (χ3v) is 4.31. The zero-order valence-corrected chi connectivity index (χ0v) is 16.1. The molecule has 1 atom stereocenters. The number of benzene rings is 1. The zero-order chi connectivity index (χ0) is 19.5. The van der Waals surface area contributed by atoms with Gasteiger partial charge in [-0.15, -0.1) is 0 Å². The van der Waals surface area contributed by atoms with Crippen LogP contribution in [0.4, 0.5) is 0 Å². The van der Waals surface area contributed by atoms with Crippen LogP contribution in [0.15, 0.2) is 29.3 Å². The maximum Gasteiger partial charge on any atom is 0.255 e. The summed E-state index contributed by atoms with van der Waals surface area (Å²) in [7, 11) is 3.47. The Bertz CT molecular complexity index is 623. The average Bonchev–Trinajstić information content (AvgIpc) is 3.13. The standard InChI is InChI=1S/C19H30N4O4/c1-21-19(23-7-6-16(12-23)13-26-9-8-25-2)22-11-15-4-3-5-17(10-15)27-14-18(20)24/h3-5,10,16H,6-9,11-14H2,1-2H3,(H2,20,24)(H,21,22). The van der Waals surface area contributed by atoms with Gasteiger partial charge in [0.05, 0.1) is 19.8 Å². The number of nitrogens with two attached hydrogens (primary N) is 1. The Balaban J connectivity index is 1.79. The lowest BCUT2D eigenvalue weighted by atomic mass is 10.1.